The molecular weight excluding hydrogens is 226 g/mol. The van der Waals surface area contributed by atoms with E-state index in [0.29, 0.717) is 6.04 Å². The van der Waals surface area contributed by atoms with Gasteiger partial charge in [-0.3, -0.25) is 0 Å². The molecule has 0 aliphatic rings. The van der Waals surface area contributed by atoms with Crippen molar-refractivity contribution in [3.63, 3.8) is 0 Å². The summed E-state index contributed by atoms with van der Waals surface area (Å²) in [6.07, 6.45) is 2.13. The van der Waals surface area contributed by atoms with Gasteiger partial charge in [0.05, 0.1) is 0 Å². The van der Waals surface area contributed by atoms with Crippen molar-refractivity contribution in [3.05, 3.63) is 29.3 Å². The van der Waals surface area contributed by atoms with E-state index in [1.807, 2.05) is 25.1 Å². The Morgan fingerprint density at radius 2 is 2.00 bits per heavy atom. The minimum Gasteiger partial charge on any atom is -0.409 e. The molecule has 0 bridgehead atoms. The first-order chi connectivity index (χ1) is 8.54. The third-order valence-electron chi connectivity index (χ3n) is 3.41. The molecule has 4 nitrogen and oxygen atoms in total. The SMILES string of the molecule is CCC(CC)N(C)c1ccc(C)cc1/C(N)=N/O. The Morgan fingerprint density at radius 1 is 1.39 bits per heavy atom. The number of hydrogen-bond donors (Lipinski definition) is 2. The van der Waals surface area contributed by atoms with Crippen LogP contribution in [-0.4, -0.2) is 24.1 Å². The molecular formula is C14H23N3O. The van der Waals surface area contributed by atoms with Crippen LogP contribution in [0.1, 0.15) is 37.8 Å². The van der Waals surface area contributed by atoms with Crippen LogP contribution in [0.25, 0.3) is 0 Å². The summed E-state index contributed by atoms with van der Waals surface area (Å²) in [5, 5.41) is 12.0. The molecule has 0 aromatic heterocycles. The highest BCUT2D eigenvalue weighted by molar-refractivity contribution is 6.02. The number of hydrogen-bond acceptors (Lipinski definition) is 3. The highest BCUT2D eigenvalue weighted by Gasteiger charge is 2.16. The van der Waals surface area contributed by atoms with Crippen LogP contribution in [0.3, 0.4) is 0 Å². The maximum atomic E-state index is 8.88. The van der Waals surface area contributed by atoms with E-state index in [9.17, 15) is 0 Å². The highest BCUT2D eigenvalue weighted by atomic mass is 16.4. The minimum atomic E-state index is 0.159. The Bertz CT molecular complexity index is 425. The number of amidine groups is 1. The van der Waals surface area contributed by atoms with Gasteiger partial charge in [0.1, 0.15) is 0 Å². The summed E-state index contributed by atoms with van der Waals surface area (Å²) in [6, 6.07) is 6.48. The Balaban J connectivity index is 3.23. The Hall–Kier alpha value is -1.71. The number of aryl methyl sites for hydroxylation is 1. The van der Waals surface area contributed by atoms with Crippen molar-refractivity contribution in [3.8, 4) is 0 Å². The van der Waals surface area contributed by atoms with E-state index >= 15 is 0 Å². The van der Waals surface area contributed by atoms with Crippen LogP contribution in [0.2, 0.25) is 0 Å². The molecule has 0 heterocycles. The number of nitrogens with two attached hydrogens (primary N) is 1. The van der Waals surface area contributed by atoms with Crippen molar-refractivity contribution in [1.82, 2.24) is 0 Å². The smallest absolute Gasteiger partial charge is 0.172 e. The summed E-state index contributed by atoms with van der Waals surface area (Å²) >= 11 is 0. The van der Waals surface area contributed by atoms with Crippen LogP contribution in [0, 0.1) is 6.92 Å². The molecule has 1 aromatic carbocycles. The predicted octanol–water partition coefficient (Wildman–Crippen LogP) is 2.71. The van der Waals surface area contributed by atoms with Gasteiger partial charge in [-0.25, -0.2) is 0 Å². The van der Waals surface area contributed by atoms with Crippen LogP contribution < -0.4 is 10.6 Å². The van der Waals surface area contributed by atoms with E-state index in [2.05, 4.69) is 31.0 Å². The number of nitrogens with zero attached hydrogens (tertiary/aromatic N) is 2. The number of benzene rings is 1. The standard InChI is InChI=1S/C14H23N3O/c1-5-11(6-2)17(4)13-8-7-10(3)9-12(13)14(15)16-18/h7-9,11,18H,5-6H2,1-4H3,(H2,15,16). The van der Waals surface area contributed by atoms with Crippen molar-refractivity contribution in [2.75, 3.05) is 11.9 Å². The lowest BCUT2D eigenvalue weighted by atomic mass is 10.0. The van der Waals surface area contributed by atoms with Crippen LogP contribution >= 0.6 is 0 Å². The molecule has 0 aliphatic carbocycles. The molecule has 1 aromatic rings. The van der Waals surface area contributed by atoms with Crippen molar-refractivity contribution in [1.29, 1.82) is 0 Å². The van der Waals surface area contributed by atoms with Gasteiger partial charge in [0.2, 0.25) is 0 Å². The van der Waals surface area contributed by atoms with Crippen LogP contribution in [0.4, 0.5) is 5.69 Å². The van der Waals surface area contributed by atoms with E-state index in [0.717, 1.165) is 29.7 Å². The molecule has 3 N–H and O–H groups in total. The number of anilines is 1. The van der Waals surface area contributed by atoms with Gasteiger partial charge in [-0.15, -0.1) is 0 Å². The van der Waals surface area contributed by atoms with Crippen molar-refractivity contribution >= 4 is 11.5 Å². The Kier molecular flexibility index (Phi) is 5.01. The Labute approximate surface area is 109 Å². The number of oxime groups is 1. The van der Waals surface area contributed by atoms with E-state index in [1.54, 1.807) is 0 Å². The lowest BCUT2D eigenvalue weighted by molar-refractivity contribution is 0.318. The molecule has 4 heteroatoms. The van der Waals surface area contributed by atoms with E-state index in [-0.39, 0.29) is 5.84 Å². The van der Waals surface area contributed by atoms with Gasteiger partial charge in [0, 0.05) is 24.3 Å². The second kappa shape index (κ2) is 6.28. The summed E-state index contributed by atoms with van der Waals surface area (Å²) in [5.41, 5.74) is 8.64. The fourth-order valence-corrected chi connectivity index (χ4v) is 2.25. The van der Waals surface area contributed by atoms with Crippen molar-refractivity contribution < 1.29 is 5.21 Å². The lowest BCUT2D eigenvalue weighted by Crippen LogP contribution is -2.32. The highest BCUT2D eigenvalue weighted by Crippen LogP contribution is 2.24. The summed E-state index contributed by atoms with van der Waals surface area (Å²) in [6.45, 7) is 6.33. The van der Waals surface area contributed by atoms with Gasteiger partial charge >= 0.3 is 0 Å². The van der Waals surface area contributed by atoms with Crippen LogP contribution in [0.5, 0.6) is 0 Å². The molecule has 0 fully saturated rings. The van der Waals surface area contributed by atoms with Gasteiger partial charge in [0.15, 0.2) is 5.84 Å². The zero-order valence-electron chi connectivity index (χ0n) is 11.6. The molecule has 0 unspecified atom stereocenters. The quantitative estimate of drug-likeness (QED) is 0.365. The summed E-state index contributed by atoms with van der Waals surface area (Å²) in [5.74, 6) is 0.159. The Morgan fingerprint density at radius 3 is 2.50 bits per heavy atom. The van der Waals surface area contributed by atoms with Crippen LogP contribution in [-0.2, 0) is 0 Å². The normalized spacial score (nSPS) is 11.9. The average Bonchev–Trinajstić information content (AvgIpc) is 2.38. The third kappa shape index (κ3) is 2.94. The largest absolute Gasteiger partial charge is 0.409 e. The molecule has 0 saturated carbocycles. The molecule has 0 amide bonds. The molecule has 0 atom stereocenters. The first-order valence-electron chi connectivity index (χ1n) is 6.36. The maximum absolute atomic E-state index is 8.88. The summed E-state index contributed by atoms with van der Waals surface area (Å²) < 4.78 is 0. The van der Waals surface area contributed by atoms with Gasteiger partial charge < -0.3 is 15.8 Å². The summed E-state index contributed by atoms with van der Waals surface area (Å²) in [4.78, 5) is 2.20. The fourth-order valence-electron chi connectivity index (χ4n) is 2.25. The molecule has 100 valence electrons. The van der Waals surface area contributed by atoms with E-state index < -0.39 is 0 Å². The second-order valence-electron chi connectivity index (χ2n) is 4.59. The van der Waals surface area contributed by atoms with Crippen molar-refractivity contribution in [2.45, 2.75) is 39.7 Å². The fraction of sp³-hybridized carbons (Fsp3) is 0.500. The van der Waals surface area contributed by atoms with Crippen molar-refractivity contribution in [2.24, 2.45) is 10.9 Å². The zero-order valence-corrected chi connectivity index (χ0v) is 11.6. The predicted molar refractivity (Wildman–Crippen MR) is 76.5 cm³/mol. The average molecular weight is 249 g/mol. The molecule has 1 rings (SSSR count). The molecule has 0 spiro atoms. The third-order valence-corrected chi connectivity index (χ3v) is 3.41. The maximum Gasteiger partial charge on any atom is 0.172 e. The topological polar surface area (TPSA) is 61.8 Å². The minimum absolute atomic E-state index is 0.159. The van der Waals surface area contributed by atoms with Gasteiger partial charge in [-0.1, -0.05) is 30.6 Å². The molecule has 0 radical (unpaired) electrons. The first kappa shape index (κ1) is 14.4. The monoisotopic (exact) mass is 249 g/mol. The van der Waals surface area contributed by atoms with E-state index in [4.69, 9.17) is 10.9 Å². The summed E-state index contributed by atoms with van der Waals surface area (Å²) in [7, 11) is 2.05. The van der Waals surface area contributed by atoms with Gasteiger partial charge in [0.25, 0.3) is 0 Å². The molecule has 18 heavy (non-hydrogen) atoms. The molecule has 0 saturated heterocycles. The van der Waals surface area contributed by atoms with E-state index in [1.165, 1.54) is 0 Å². The van der Waals surface area contributed by atoms with Gasteiger partial charge in [-0.2, -0.15) is 0 Å². The zero-order chi connectivity index (χ0) is 13.7. The molecule has 0 aliphatic heterocycles. The number of rotatable bonds is 5. The lowest BCUT2D eigenvalue weighted by Gasteiger charge is -2.30. The first-order valence-corrected chi connectivity index (χ1v) is 6.36. The van der Waals surface area contributed by atoms with Gasteiger partial charge in [-0.05, 0) is 31.9 Å². The second-order valence-corrected chi connectivity index (χ2v) is 4.59. The van der Waals surface area contributed by atoms with Crippen LogP contribution in [0.15, 0.2) is 23.4 Å².